The summed E-state index contributed by atoms with van der Waals surface area (Å²) in [6.07, 6.45) is 2.43. The zero-order valence-corrected chi connectivity index (χ0v) is 13.8. The normalized spacial score (nSPS) is 11.1. The monoisotopic (exact) mass is 338 g/mol. The molecule has 0 aliphatic heterocycles. The third kappa shape index (κ3) is 4.08. The van der Waals surface area contributed by atoms with Crippen LogP contribution in [0, 0.1) is 13.8 Å². The van der Waals surface area contributed by atoms with E-state index in [1.807, 2.05) is 13.8 Å². The van der Waals surface area contributed by atoms with Crippen LogP contribution in [-0.4, -0.2) is 22.3 Å². The second-order valence-electron chi connectivity index (χ2n) is 4.85. The lowest BCUT2D eigenvalue weighted by Crippen LogP contribution is -2.18. The van der Waals surface area contributed by atoms with Crippen molar-refractivity contribution in [3.8, 4) is 0 Å². The Hall–Kier alpha value is -1.85. The van der Waals surface area contributed by atoms with Crippen LogP contribution in [0.25, 0.3) is 0 Å². The van der Waals surface area contributed by atoms with Crippen LogP contribution in [0.5, 0.6) is 0 Å². The predicted molar refractivity (Wildman–Crippen MR) is 88.6 cm³/mol. The highest BCUT2D eigenvalue weighted by Gasteiger charge is 2.08. The highest BCUT2D eigenvalue weighted by molar-refractivity contribution is 6.43. The molecule has 0 aliphatic rings. The first-order chi connectivity index (χ1) is 10.5. The molecule has 116 valence electrons. The summed E-state index contributed by atoms with van der Waals surface area (Å²) in [5.41, 5.74) is 6.09. The average molecular weight is 339 g/mol. The summed E-state index contributed by atoms with van der Waals surface area (Å²) in [7, 11) is 0. The van der Waals surface area contributed by atoms with E-state index in [1.165, 1.54) is 6.21 Å². The van der Waals surface area contributed by atoms with E-state index in [1.54, 1.807) is 18.2 Å². The predicted octanol–water partition coefficient (Wildman–Crippen LogP) is 3.42. The Bertz CT molecular complexity index is 690. The largest absolute Gasteiger partial charge is 0.282 e. The van der Waals surface area contributed by atoms with Gasteiger partial charge in [0.15, 0.2) is 0 Å². The number of halogens is 2. The molecular weight excluding hydrogens is 323 g/mol. The van der Waals surface area contributed by atoms with Gasteiger partial charge in [-0.1, -0.05) is 35.3 Å². The SMILES string of the molecule is Cc1n[nH]c(C)c1CCC(=O)N/N=C\c1cccc(Cl)c1Cl. The fourth-order valence-corrected chi connectivity index (χ4v) is 2.39. The van der Waals surface area contributed by atoms with Crippen LogP contribution in [0.1, 0.15) is 28.9 Å². The molecule has 22 heavy (non-hydrogen) atoms. The molecular formula is C15H16Cl2N4O. The number of aryl methyl sites for hydroxylation is 2. The first kappa shape index (κ1) is 16.5. The number of rotatable bonds is 5. The van der Waals surface area contributed by atoms with Crippen molar-refractivity contribution in [3.63, 3.8) is 0 Å². The first-order valence-electron chi connectivity index (χ1n) is 6.75. The maximum Gasteiger partial charge on any atom is 0.240 e. The molecule has 0 fully saturated rings. The third-order valence-corrected chi connectivity index (χ3v) is 4.09. The number of benzene rings is 1. The van der Waals surface area contributed by atoms with Crippen LogP contribution < -0.4 is 5.43 Å². The maximum atomic E-state index is 11.8. The summed E-state index contributed by atoms with van der Waals surface area (Å²) in [5.74, 6) is -0.172. The molecule has 0 saturated heterocycles. The highest BCUT2D eigenvalue weighted by atomic mass is 35.5. The number of nitrogens with zero attached hydrogens (tertiary/aromatic N) is 2. The molecule has 0 bridgehead atoms. The lowest BCUT2D eigenvalue weighted by atomic mass is 10.1. The molecule has 0 spiro atoms. The average Bonchev–Trinajstić information content (AvgIpc) is 2.80. The highest BCUT2D eigenvalue weighted by Crippen LogP contribution is 2.24. The molecule has 0 atom stereocenters. The topological polar surface area (TPSA) is 70.1 Å². The van der Waals surface area contributed by atoms with Crippen LogP contribution in [0.15, 0.2) is 23.3 Å². The van der Waals surface area contributed by atoms with Gasteiger partial charge in [-0.25, -0.2) is 5.43 Å². The van der Waals surface area contributed by atoms with Crippen molar-refractivity contribution in [3.05, 3.63) is 50.8 Å². The molecule has 0 radical (unpaired) electrons. The quantitative estimate of drug-likeness (QED) is 0.647. The van der Waals surface area contributed by atoms with E-state index < -0.39 is 0 Å². The van der Waals surface area contributed by atoms with Crippen LogP contribution in [0.3, 0.4) is 0 Å². The number of hydrogen-bond acceptors (Lipinski definition) is 3. The second kappa shape index (κ2) is 7.42. The second-order valence-corrected chi connectivity index (χ2v) is 5.63. The molecule has 1 aromatic heterocycles. The van der Waals surface area contributed by atoms with E-state index in [0.29, 0.717) is 28.5 Å². The molecule has 2 rings (SSSR count). The van der Waals surface area contributed by atoms with E-state index in [0.717, 1.165) is 17.0 Å². The minimum Gasteiger partial charge on any atom is -0.282 e. The smallest absolute Gasteiger partial charge is 0.240 e. The van der Waals surface area contributed by atoms with Gasteiger partial charge in [-0.3, -0.25) is 9.89 Å². The lowest BCUT2D eigenvalue weighted by molar-refractivity contribution is -0.121. The standard InChI is InChI=1S/C15H16Cl2N4O/c1-9-12(10(2)20-19-9)6-7-14(22)21-18-8-11-4-3-5-13(16)15(11)17/h3-5,8H,6-7H2,1-2H3,(H,19,20)(H,21,22)/b18-8-. The Morgan fingerprint density at radius 1 is 1.41 bits per heavy atom. The molecule has 0 aliphatic carbocycles. The minimum atomic E-state index is -0.172. The number of carbonyl (C=O) groups is 1. The fourth-order valence-electron chi connectivity index (χ4n) is 2.03. The Kier molecular flexibility index (Phi) is 5.57. The van der Waals surface area contributed by atoms with E-state index in [2.05, 4.69) is 20.7 Å². The lowest BCUT2D eigenvalue weighted by Gasteiger charge is -2.02. The first-order valence-corrected chi connectivity index (χ1v) is 7.51. The van der Waals surface area contributed by atoms with Crippen molar-refractivity contribution < 1.29 is 4.79 Å². The van der Waals surface area contributed by atoms with Gasteiger partial charge in [0.25, 0.3) is 0 Å². The van der Waals surface area contributed by atoms with E-state index in [-0.39, 0.29) is 5.91 Å². The minimum absolute atomic E-state index is 0.172. The molecule has 5 nitrogen and oxygen atoms in total. The summed E-state index contributed by atoms with van der Waals surface area (Å²) in [5, 5.41) is 11.8. The number of hydrazone groups is 1. The summed E-state index contributed by atoms with van der Waals surface area (Å²) < 4.78 is 0. The number of H-pyrrole nitrogens is 1. The van der Waals surface area contributed by atoms with Crippen LogP contribution in [0.2, 0.25) is 10.0 Å². The van der Waals surface area contributed by atoms with Crippen molar-refractivity contribution in [2.45, 2.75) is 26.7 Å². The summed E-state index contributed by atoms with van der Waals surface area (Å²) in [4.78, 5) is 11.8. The number of aromatic amines is 1. The zero-order valence-electron chi connectivity index (χ0n) is 12.3. The van der Waals surface area contributed by atoms with Gasteiger partial charge in [-0.15, -0.1) is 0 Å². The zero-order chi connectivity index (χ0) is 16.1. The van der Waals surface area contributed by atoms with Gasteiger partial charge in [-0.05, 0) is 31.9 Å². The van der Waals surface area contributed by atoms with Crippen LogP contribution in [-0.2, 0) is 11.2 Å². The molecule has 1 aromatic carbocycles. The van der Waals surface area contributed by atoms with E-state index >= 15 is 0 Å². The van der Waals surface area contributed by atoms with Crippen molar-refractivity contribution in [2.24, 2.45) is 5.10 Å². The van der Waals surface area contributed by atoms with Gasteiger partial charge in [0.05, 0.1) is 22.0 Å². The van der Waals surface area contributed by atoms with Gasteiger partial charge in [0.2, 0.25) is 5.91 Å². The third-order valence-electron chi connectivity index (χ3n) is 3.26. The van der Waals surface area contributed by atoms with Crippen molar-refractivity contribution in [1.29, 1.82) is 0 Å². The summed E-state index contributed by atoms with van der Waals surface area (Å²) in [6, 6.07) is 5.22. The van der Waals surface area contributed by atoms with Crippen molar-refractivity contribution >= 4 is 35.3 Å². The number of aromatic nitrogens is 2. The van der Waals surface area contributed by atoms with E-state index in [4.69, 9.17) is 23.2 Å². The number of nitrogens with one attached hydrogen (secondary N) is 2. The molecule has 2 aromatic rings. The molecule has 1 heterocycles. The van der Waals surface area contributed by atoms with Gasteiger partial charge in [-0.2, -0.15) is 10.2 Å². The van der Waals surface area contributed by atoms with Gasteiger partial charge in [0, 0.05) is 17.7 Å². The van der Waals surface area contributed by atoms with Gasteiger partial charge < -0.3 is 0 Å². The number of carbonyl (C=O) groups excluding carboxylic acids is 1. The molecule has 0 unspecified atom stereocenters. The Balaban J connectivity index is 1.88. The van der Waals surface area contributed by atoms with Crippen LogP contribution >= 0.6 is 23.2 Å². The molecule has 1 amide bonds. The maximum absolute atomic E-state index is 11.8. The molecule has 2 N–H and O–H groups in total. The fraction of sp³-hybridized carbons (Fsp3) is 0.267. The number of hydrogen-bond donors (Lipinski definition) is 2. The van der Waals surface area contributed by atoms with Crippen LogP contribution in [0.4, 0.5) is 0 Å². The van der Waals surface area contributed by atoms with Gasteiger partial charge >= 0.3 is 0 Å². The van der Waals surface area contributed by atoms with Gasteiger partial charge in [0.1, 0.15) is 0 Å². The van der Waals surface area contributed by atoms with Crippen molar-refractivity contribution in [1.82, 2.24) is 15.6 Å². The molecule has 7 heteroatoms. The summed E-state index contributed by atoms with van der Waals surface area (Å²) in [6.45, 7) is 3.85. The van der Waals surface area contributed by atoms with Crippen molar-refractivity contribution in [2.75, 3.05) is 0 Å². The summed E-state index contributed by atoms with van der Waals surface area (Å²) >= 11 is 11.9. The Morgan fingerprint density at radius 3 is 2.86 bits per heavy atom. The molecule has 0 saturated carbocycles. The Labute approximate surface area is 138 Å². The number of amides is 1. The van der Waals surface area contributed by atoms with E-state index in [9.17, 15) is 4.79 Å². The Morgan fingerprint density at radius 2 is 2.18 bits per heavy atom.